The van der Waals surface area contributed by atoms with Gasteiger partial charge >= 0.3 is 0 Å². The van der Waals surface area contributed by atoms with Crippen molar-refractivity contribution in [2.24, 2.45) is 5.92 Å². The van der Waals surface area contributed by atoms with E-state index < -0.39 is 0 Å². The lowest BCUT2D eigenvalue weighted by Gasteiger charge is -2.16. The first-order chi connectivity index (χ1) is 7.88. The molecule has 0 spiro atoms. The highest BCUT2D eigenvalue weighted by atomic mass is 32.1. The van der Waals surface area contributed by atoms with Crippen molar-refractivity contribution in [1.29, 1.82) is 0 Å². The Hall–Kier alpha value is -0.340. The summed E-state index contributed by atoms with van der Waals surface area (Å²) in [4.78, 5) is 1.55. The van der Waals surface area contributed by atoms with Crippen LogP contribution in [-0.4, -0.2) is 12.6 Å². The van der Waals surface area contributed by atoms with E-state index in [1.807, 2.05) is 11.3 Å². The highest BCUT2D eigenvalue weighted by Gasteiger charge is 2.21. The molecular formula is C14H23NS. The van der Waals surface area contributed by atoms with Crippen LogP contribution in [0.1, 0.15) is 43.9 Å². The maximum Gasteiger partial charge on any atom is 0.00683 e. The molecule has 90 valence electrons. The molecule has 1 unspecified atom stereocenters. The fraction of sp³-hybridized carbons (Fsp3) is 0.714. The zero-order valence-corrected chi connectivity index (χ0v) is 11.1. The van der Waals surface area contributed by atoms with E-state index >= 15 is 0 Å². The lowest BCUT2D eigenvalue weighted by molar-refractivity contribution is 0.414. The third kappa shape index (κ3) is 4.26. The summed E-state index contributed by atoms with van der Waals surface area (Å²) in [6.45, 7) is 3.54. The van der Waals surface area contributed by atoms with Gasteiger partial charge in [-0.2, -0.15) is 0 Å². The minimum Gasteiger partial charge on any atom is -0.314 e. The lowest BCUT2D eigenvalue weighted by Crippen LogP contribution is -2.25. The van der Waals surface area contributed by atoms with Gasteiger partial charge in [0.15, 0.2) is 0 Å². The lowest BCUT2D eigenvalue weighted by atomic mass is 9.97. The molecule has 1 atom stereocenters. The van der Waals surface area contributed by atoms with Crippen molar-refractivity contribution in [3.8, 4) is 0 Å². The van der Waals surface area contributed by atoms with Crippen LogP contribution in [0.15, 0.2) is 17.5 Å². The molecule has 1 aromatic heterocycles. The van der Waals surface area contributed by atoms with Crippen LogP contribution in [0, 0.1) is 5.92 Å². The van der Waals surface area contributed by atoms with Crippen LogP contribution in [0.5, 0.6) is 0 Å². The van der Waals surface area contributed by atoms with Crippen molar-refractivity contribution in [2.45, 2.75) is 51.5 Å². The Balaban J connectivity index is 1.68. The summed E-state index contributed by atoms with van der Waals surface area (Å²) in [7, 11) is 0. The van der Waals surface area contributed by atoms with Crippen molar-refractivity contribution in [1.82, 2.24) is 5.32 Å². The molecule has 1 aromatic rings. The molecule has 0 saturated heterocycles. The molecule has 0 aromatic carbocycles. The van der Waals surface area contributed by atoms with E-state index in [-0.39, 0.29) is 0 Å². The van der Waals surface area contributed by atoms with Crippen LogP contribution in [0.3, 0.4) is 0 Å². The predicted octanol–water partition coefficient (Wildman–Crippen LogP) is 3.85. The smallest absolute Gasteiger partial charge is 0.00683 e. The molecular weight excluding hydrogens is 214 g/mol. The van der Waals surface area contributed by atoms with Gasteiger partial charge in [0.25, 0.3) is 0 Å². The molecule has 1 aliphatic rings. The molecule has 2 heteroatoms. The summed E-state index contributed by atoms with van der Waals surface area (Å²) in [6.07, 6.45) is 8.14. The average molecular weight is 237 g/mol. The molecule has 0 bridgehead atoms. The monoisotopic (exact) mass is 237 g/mol. The summed E-state index contributed by atoms with van der Waals surface area (Å²) < 4.78 is 0. The Morgan fingerprint density at radius 1 is 1.44 bits per heavy atom. The van der Waals surface area contributed by atoms with E-state index in [1.165, 1.54) is 45.1 Å². The topological polar surface area (TPSA) is 12.0 Å². The standard InChI is InChI=1S/C14H23NS/c1-2-4-12(11-15-13-7-8-13)6-9-14-5-3-10-16-14/h3,5,10,12-13,15H,2,4,6-9,11H2,1H3. The molecule has 1 heterocycles. The highest BCUT2D eigenvalue weighted by Crippen LogP contribution is 2.21. The number of thiophene rings is 1. The molecule has 2 rings (SSSR count). The van der Waals surface area contributed by atoms with Gasteiger partial charge in [-0.05, 0) is 56.0 Å². The maximum absolute atomic E-state index is 3.67. The zero-order valence-electron chi connectivity index (χ0n) is 10.2. The number of hydrogen-bond donors (Lipinski definition) is 1. The molecule has 1 nitrogen and oxygen atoms in total. The number of rotatable bonds is 8. The van der Waals surface area contributed by atoms with Gasteiger partial charge in [0.05, 0.1) is 0 Å². The van der Waals surface area contributed by atoms with E-state index in [0.717, 1.165) is 12.0 Å². The van der Waals surface area contributed by atoms with Crippen molar-refractivity contribution in [3.63, 3.8) is 0 Å². The van der Waals surface area contributed by atoms with Gasteiger partial charge in [0, 0.05) is 10.9 Å². The maximum atomic E-state index is 3.67. The molecule has 0 aliphatic heterocycles. The van der Waals surface area contributed by atoms with Crippen molar-refractivity contribution in [2.75, 3.05) is 6.54 Å². The highest BCUT2D eigenvalue weighted by molar-refractivity contribution is 7.09. The fourth-order valence-corrected chi connectivity index (χ4v) is 2.90. The number of hydrogen-bond acceptors (Lipinski definition) is 2. The minimum absolute atomic E-state index is 0.862. The average Bonchev–Trinajstić information content (AvgIpc) is 2.97. The summed E-state index contributed by atoms with van der Waals surface area (Å²) >= 11 is 1.90. The molecule has 1 aliphatic carbocycles. The molecule has 0 amide bonds. The van der Waals surface area contributed by atoms with Crippen LogP contribution < -0.4 is 5.32 Å². The predicted molar refractivity (Wildman–Crippen MR) is 72.1 cm³/mol. The quantitative estimate of drug-likeness (QED) is 0.724. The summed E-state index contributed by atoms with van der Waals surface area (Å²) in [5, 5.41) is 5.86. The van der Waals surface area contributed by atoms with Gasteiger partial charge in [0.1, 0.15) is 0 Å². The molecule has 1 saturated carbocycles. The van der Waals surface area contributed by atoms with Gasteiger partial charge in [0.2, 0.25) is 0 Å². The number of nitrogens with one attached hydrogen (secondary N) is 1. The Labute approximate surface area is 103 Å². The zero-order chi connectivity index (χ0) is 11.2. The van der Waals surface area contributed by atoms with Crippen molar-refractivity contribution >= 4 is 11.3 Å². The van der Waals surface area contributed by atoms with Gasteiger partial charge in [-0.1, -0.05) is 19.4 Å². The summed E-state index contributed by atoms with van der Waals surface area (Å²) in [5.74, 6) is 0.882. The van der Waals surface area contributed by atoms with Crippen LogP contribution in [0.25, 0.3) is 0 Å². The van der Waals surface area contributed by atoms with Crippen LogP contribution in [-0.2, 0) is 6.42 Å². The Kier molecular flexibility index (Phi) is 4.86. The summed E-state index contributed by atoms with van der Waals surface area (Å²) in [5.41, 5.74) is 0. The summed E-state index contributed by atoms with van der Waals surface area (Å²) in [6, 6.07) is 5.29. The third-order valence-electron chi connectivity index (χ3n) is 3.35. The van der Waals surface area contributed by atoms with Crippen molar-refractivity contribution in [3.05, 3.63) is 22.4 Å². The van der Waals surface area contributed by atoms with Gasteiger partial charge in [-0.3, -0.25) is 0 Å². The molecule has 16 heavy (non-hydrogen) atoms. The van der Waals surface area contributed by atoms with Crippen LogP contribution in [0.4, 0.5) is 0 Å². The first kappa shape index (κ1) is 12.1. The Morgan fingerprint density at radius 2 is 2.31 bits per heavy atom. The second-order valence-electron chi connectivity index (χ2n) is 4.96. The van der Waals surface area contributed by atoms with E-state index in [4.69, 9.17) is 0 Å². The molecule has 1 N–H and O–H groups in total. The second-order valence-corrected chi connectivity index (χ2v) is 5.99. The van der Waals surface area contributed by atoms with Crippen LogP contribution in [0.2, 0.25) is 0 Å². The van der Waals surface area contributed by atoms with Gasteiger partial charge < -0.3 is 5.32 Å². The minimum atomic E-state index is 0.862. The van der Waals surface area contributed by atoms with E-state index in [1.54, 1.807) is 4.88 Å². The molecule has 0 radical (unpaired) electrons. The number of aryl methyl sites for hydroxylation is 1. The van der Waals surface area contributed by atoms with E-state index in [2.05, 4.69) is 29.8 Å². The fourth-order valence-electron chi connectivity index (χ4n) is 2.18. The van der Waals surface area contributed by atoms with Gasteiger partial charge in [-0.25, -0.2) is 0 Å². The first-order valence-corrected chi connectivity index (χ1v) is 7.52. The first-order valence-electron chi connectivity index (χ1n) is 6.64. The Bertz CT molecular complexity index is 277. The SMILES string of the molecule is CCCC(CCc1cccs1)CNC1CC1. The van der Waals surface area contributed by atoms with E-state index in [9.17, 15) is 0 Å². The van der Waals surface area contributed by atoms with Gasteiger partial charge in [-0.15, -0.1) is 11.3 Å². The van der Waals surface area contributed by atoms with Crippen LogP contribution >= 0.6 is 11.3 Å². The van der Waals surface area contributed by atoms with E-state index in [0.29, 0.717) is 0 Å². The second kappa shape index (κ2) is 6.41. The Morgan fingerprint density at radius 3 is 2.94 bits per heavy atom. The molecule has 1 fully saturated rings. The largest absolute Gasteiger partial charge is 0.314 e. The normalized spacial score (nSPS) is 17.6. The van der Waals surface area contributed by atoms with Crippen molar-refractivity contribution < 1.29 is 0 Å². The third-order valence-corrected chi connectivity index (χ3v) is 4.28.